The van der Waals surface area contributed by atoms with Crippen molar-refractivity contribution in [1.29, 1.82) is 0 Å². The van der Waals surface area contributed by atoms with Gasteiger partial charge in [0.1, 0.15) is 0 Å². The van der Waals surface area contributed by atoms with Gasteiger partial charge in [0, 0.05) is 0 Å². The summed E-state index contributed by atoms with van der Waals surface area (Å²) < 4.78 is 16.8. The van der Waals surface area contributed by atoms with E-state index in [-0.39, 0.29) is 0 Å². The van der Waals surface area contributed by atoms with E-state index in [1.165, 1.54) is 0 Å². The minimum atomic E-state index is -1.42. The standard InChI is InChI=1S/Ca.2ClH.O2Si/c;;;1-3-2/h;2*1H;/q+2;;;/p-2. The van der Waals surface area contributed by atoms with Crippen molar-refractivity contribution in [2.45, 2.75) is 0 Å². The predicted octanol–water partition coefficient (Wildman–Crippen LogP) is 0.380. The van der Waals surface area contributed by atoms with Crippen LogP contribution in [0.25, 0.3) is 0 Å². The Balaban J connectivity index is 0. The topological polar surface area (TPSA) is 34.1 Å². The molecule has 0 saturated heterocycles. The molecular weight excluding hydrogens is 171 g/mol. The van der Waals surface area contributed by atoms with Gasteiger partial charge < -0.3 is 0 Å². The second kappa shape index (κ2) is 15.9. The van der Waals surface area contributed by atoms with Crippen LogP contribution in [0.2, 0.25) is 0 Å². The van der Waals surface area contributed by atoms with Crippen LogP contribution in [0.15, 0.2) is 0 Å². The molecule has 2 nitrogen and oxygen atoms in total. The first-order valence-corrected chi connectivity index (χ1v) is 7.84. The molecule has 0 aromatic carbocycles. The monoisotopic (exact) mass is 170 g/mol. The first-order chi connectivity index (χ1) is 2.83. The maximum absolute atomic E-state index is 8.40. The molecule has 6 heteroatoms. The maximum atomic E-state index is 8.40. The zero-order chi connectivity index (χ0) is 5.41. The molecule has 6 heavy (non-hydrogen) atoms. The Hall–Kier alpha value is 1.66. The number of rotatable bonds is 0. The third-order valence-electron chi connectivity index (χ3n) is 0. The second-order valence-corrected chi connectivity index (χ2v) is 4.00. The summed E-state index contributed by atoms with van der Waals surface area (Å²) in [7, 11) is -1.42. The number of halogens is 2. The third-order valence-corrected chi connectivity index (χ3v) is 0. The molecular formula is CaCl2O2Si. The van der Waals surface area contributed by atoms with Crippen molar-refractivity contribution in [3.05, 3.63) is 0 Å². The Kier molecular flexibility index (Phi) is 28.2. The Morgan fingerprint density at radius 3 is 1.33 bits per heavy atom. The average Bonchev–Trinajstić information content (AvgIpc) is 1.39. The van der Waals surface area contributed by atoms with Crippen LogP contribution in [-0.2, 0) is 8.92 Å². The SMILES string of the molecule is O=[Si]=O.[Cl][Ca][Cl]. The van der Waals surface area contributed by atoms with Gasteiger partial charge in [-0.05, 0) is 0 Å². The van der Waals surface area contributed by atoms with E-state index in [2.05, 4.69) is 0 Å². The van der Waals surface area contributed by atoms with Crippen LogP contribution in [0.4, 0.5) is 0 Å². The molecule has 0 atom stereocenters. The molecule has 0 rings (SSSR count). The molecule has 0 spiro atoms. The van der Waals surface area contributed by atoms with Crippen molar-refractivity contribution in [2.24, 2.45) is 0 Å². The Bertz CT molecular complexity index is 40.8. The average molecular weight is 171 g/mol. The van der Waals surface area contributed by atoms with Crippen molar-refractivity contribution >= 4 is 52.9 Å². The van der Waals surface area contributed by atoms with Gasteiger partial charge in [0.05, 0.1) is 0 Å². The van der Waals surface area contributed by atoms with Gasteiger partial charge in [0.25, 0.3) is 0 Å². The number of hydrogen-bond donors (Lipinski definition) is 0. The molecule has 32 valence electrons. The Morgan fingerprint density at radius 2 is 1.33 bits per heavy atom. The molecule has 0 aliphatic carbocycles. The van der Waals surface area contributed by atoms with Crippen molar-refractivity contribution < 1.29 is 8.92 Å². The van der Waals surface area contributed by atoms with E-state index in [4.69, 9.17) is 21.7 Å². The fourth-order valence-electron chi connectivity index (χ4n) is 0. The summed E-state index contributed by atoms with van der Waals surface area (Å²) in [5.74, 6) is 0. The fourth-order valence-corrected chi connectivity index (χ4v) is 0. The molecule has 0 amide bonds. The van der Waals surface area contributed by atoms with Gasteiger partial charge in [0.2, 0.25) is 0 Å². The van der Waals surface area contributed by atoms with E-state index >= 15 is 0 Å². The zero-order valence-electron chi connectivity index (χ0n) is 2.78. The van der Waals surface area contributed by atoms with Crippen molar-refractivity contribution in [3.63, 3.8) is 0 Å². The van der Waals surface area contributed by atoms with Gasteiger partial charge in [-0.2, -0.15) is 0 Å². The summed E-state index contributed by atoms with van der Waals surface area (Å²) in [6.07, 6.45) is 9.90. The Labute approximate surface area is 60.9 Å². The van der Waals surface area contributed by atoms with Gasteiger partial charge in [-0.1, -0.05) is 0 Å². The van der Waals surface area contributed by atoms with Gasteiger partial charge in [0.15, 0.2) is 0 Å². The molecule has 0 aliphatic heterocycles. The first-order valence-electron chi connectivity index (χ1n) is 0.943. The van der Waals surface area contributed by atoms with Crippen LogP contribution in [0, 0.1) is 0 Å². The van der Waals surface area contributed by atoms with E-state index in [0.717, 1.165) is 0 Å². The summed E-state index contributed by atoms with van der Waals surface area (Å²) in [5, 5.41) is 0. The van der Waals surface area contributed by atoms with E-state index < -0.39 is 40.1 Å². The van der Waals surface area contributed by atoms with Crippen LogP contribution in [0.1, 0.15) is 0 Å². The van der Waals surface area contributed by atoms with Crippen LogP contribution in [-0.4, -0.2) is 40.1 Å². The van der Waals surface area contributed by atoms with E-state index in [0.29, 0.717) is 0 Å². The van der Waals surface area contributed by atoms with Crippen LogP contribution in [0.5, 0.6) is 0 Å². The van der Waals surface area contributed by atoms with Crippen molar-refractivity contribution in [2.75, 3.05) is 0 Å². The molecule has 0 saturated carbocycles. The number of hydrogen-bond acceptors (Lipinski definition) is 2. The van der Waals surface area contributed by atoms with E-state index in [9.17, 15) is 0 Å². The fraction of sp³-hybridized carbons (Fsp3) is 0. The second-order valence-electron chi connectivity index (χ2n) is 0.184. The molecule has 0 N–H and O–H groups in total. The molecule has 0 aromatic heterocycles. The summed E-state index contributed by atoms with van der Waals surface area (Å²) >= 11 is -0.931. The Morgan fingerprint density at radius 1 is 1.33 bits per heavy atom. The molecule has 0 aromatic rings. The third kappa shape index (κ3) is 44.7. The van der Waals surface area contributed by atoms with E-state index in [1.807, 2.05) is 0 Å². The van der Waals surface area contributed by atoms with Crippen LogP contribution in [0.3, 0.4) is 0 Å². The molecule has 0 bridgehead atoms. The quantitative estimate of drug-likeness (QED) is 0.494. The zero-order valence-corrected chi connectivity index (χ0v) is 7.50. The first kappa shape index (κ1) is 10.6. The van der Waals surface area contributed by atoms with Gasteiger partial charge in [-0.15, -0.1) is 0 Å². The summed E-state index contributed by atoms with van der Waals surface area (Å²) in [4.78, 5) is 0. The normalized spacial score (nSPS) is 3.00. The van der Waals surface area contributed by atoms with Crippen LogP contribution < -0.4 is 0 Å². The molecule has 0 unspecified atom stereocenters. The summed E-state index contributed by atoms with van der Waals surface area (Å²) in [6.45, 7) is 0. The predicted molar refractivity (Wildman–Crippen MR) is 24.6 cm³/mol. The summed E-state index contributed by atoms with van der Waals surface area (Å²) in [6, 6.07) is 0. The van der Waals surface area contributed by atoms with Gasteiger partial charge in [-0.3, -0.25) is 8.92 Å². The van der Waals surface area contributed by atoms with Crippen molar-refractivity contribution in [3.8, 4) is 0 Å². The van der Waals surface area contributed by atoms with Crippen LogP contribution >= 0.6 is 12.8 Å². The molecule has 0 heterocycles. The van der Waals surface area contributed by atoms with Gasteiger partial charge in [-0.25, -0.2) is 0 Å². The molecule has 0 fully saturated rings. The van der Waals surface area contributed by atoms with E-state index in [1.54, 1.807) is 0 Å². The van der Waals surface area contributed by atoms with Gasteiger partial charge >= 0.3 is 52.9 Å². The summed E-state index contributed by atoms with van der Waals surface area (Å²) in [5.41, 5.74) is 0. The van der Waals surface area contributed by atoms with Crippen molar-refractivity contribution in [1.82, 2.24) is 0 Å². The molecule has 0 radical (unpaired) electrons. The minimum absolute atomic E-state index is 0.931. The molecule has 0 aliphatic rings.